The molecule has 1 heterocycles. The van der Waals surface area contributed by atoms with E-state index in [0.717, 1.165) is 6.54 Å². The Morgan fingerprint density at radius 1 is 1.62 bits per heavy atom. The molecule has 0 bridgehead atoms. The smallest absolute Gasteiger partial charge is 0.267 e. The van der Waals surface area contributed by atoms with E-state index in [1.807, 2.05) is 11.9 Å². The quantitative estimate of drug-likeness (QED) is 0.849. The summed E-state index contributed by atoms with van der Waals surface area (Å²) in [6.07, 6.45) is 3.84. The lowest BCUT2D eigenvalue weighted by Crippen LogP contribution is -2.35. The molecule has 0 amide bonds. The lowest BCUT2D eigenvalue weighted by atomic mass is 9.85. The first-order valence-electron chi connectivity index (χ1n) is 5.16. The molecule has 2 rings (SSSR count). The van der Waals surface area contributed by atoms with Crippen LogP contribution in [-0.2, 0) is 0 Å². The van der Waals surface area contributed by atoms with Crippen LogP contribution < -0.4 is 10.5 Å². The van der Waals surface area contributed by atoms with Gasteiger partial charge in [-0.2, -0.15) is 0 Å². The summed E-state index contributed by atoms with van der Waals surface area (Å²) in [5, 5.41) is 0. The van der Waals surface area contributed by atoms with Crippen molar-refractivity contribution in [1.82, 2.24) is 9.97 Å². The number of hydrogen-bond acceptors (Lipinski definition) is 3. The molecule has 4 nitrogen and oxygen atoms in total. The molecule has 1 fully saturated rings. The molecule has 0 aromatic carbocycles. The Labute approximate surface area is 111 Å². The van der Waals surface area contributed by atoms with Crippen molar-refractivity contribution in [2.75, 3.05) is 18.5 Å². The molecule has 88 valence electrons. The van der Waals surface area contributed by atoms with Crippen LogP contribution in [-0.4, -0.2) is 28.4 Å². The van der Waals surface area contributed by atoms with Crippen LogP contribution in [0.2, 0.25) is 0 Å². The van der Waals surface area contributed by atoms with Crippen LogP contribution in [0.15, 0.2) is 15.6 Å². The van der Waals surface area contributed by atoms with Crippen molar-refractivity contribution in [2.24, 2.45) is 5.92 Å². The van der Waals surface area contributed by atoms with E-state index in [0.29, 0.717) is 21.0 Å². The van der Waals surface area contributed by atoms with Gasteiger partial charge in [-0.15, -0.1) is 0 Å². The van der Waals surface area contributed by atoms with E-state index < -0.39 is 0 Å². The zero-order valence-electron chi connectivity index (χ0n) is 8.91. The molecule has 0 aliphatic heterocycles. The highest BCUT2D eigenvalue weighted by atomic mass is 79.9. The summed E-state index contributed by atoms with van der Waals surface area (Å²) >= 11 is 6.84. The minimum Gasteiger partial charge on any atom is -0.358 e. The van der Waals surface area contributed by atoms with Gasteiger partial charge >= 0.3 is 0 Å². The van der Waals surface area contributed by atoms with Crippen molar-refractivity contribution in [3.63, 3.8) is 0 Å². The fourth-order valence-corrected chi connectivity index (χ4v) is 3.49. The van der Waals surface area contributed by atoms with Crippen LogP contribution in [0, 0.1) is 5.92 Å². The lowest BCUT2D eigenvalue weighted by Gasteiger charge is -2.34. The molecule has 1 N–H and O–H groups in total. The summed E-state index contributed by atoms with van der Waals surface area (Å²) < 4.78 is 0.507. The van der Waals surface area contributed by atoms with Gasteiger partial charge in [0, 0.05) is 18.4 Å². The van der Waals surface area contributed by atoms with Gasteiger partial charge in [0.05, 0.1) is 6.33 Å². The van der Waals surface area contributed by atoms with Gasteiger partial charge in [0.2, 0.25) is 0 Å². The third kappa shape index (κ3) is 2.48. The maximum absolute atomic E-state index is 11.4. The number of alkyl halides is 1. The fourth-order valence-electron chi connectivity index (χ4n) is 1.92. The van der Waals surface area contributed by atoms with Gasteiger partial charge in [0.15, 0.2) is 0 Å². The molecule has 1 saturated carbocycles. The number of nitrogens with one attached hydrogen (secondary N) is 1. The molecule has 1 aromatic heterocycles. The van der Waals surface area contributed by atoms with Crippen LogP contribution in [0.4, 0.5) is 5.82 Å². The number of rotatable bonds is 3. The molecule has 1 aromatic rings. The fraction of sp³-hybridized carbons (Fsp3) is 0.600. The first kappa shape index (κ1) is 12.1. The molecule has 0 unspecified atom stereocenters. The Bertz CT molecular complexity index is 428. The van der Waals surface area contributed by atoms with Crippen molar-refractivity contribution in [2.45, 2.75) is 17.7 Å². The Hall–Kier alpha value is -0.360. The maximum Gasteiger partial charge on any atom is 0.267 e. The normalized spacial score (nSPS) is 23.9. The predicted molar refractivity (Wildman–Crippen MR) is 71.3 cm³/mol. The molecule has 1 aliphatic carbocycles. The Balaban J connectivity index is 2.06. The molecule has 16 heavy (non-hydrogen) atoms. The SMILES string of the molecule is CN(CC1CC(Br)C1)c1nc[nH]c(=O)c1Br. The zero-order chi connectivity index (χ0) is 11.7. The van der Waals surface area contributed by atoms with Crippen LogP contribution in [0.5, 0.6) is 0 Å². The second-order valence-electron chi connectivity index (χ2n) is 4.18. The molecular formula is C10H13Br2N3O. The minimum absolute atomic E-state index is 0.135. The standard InChI is InChI=1S/C10H13Br2N3O/c1-15(4-6-2-7(11)3-6)9-8(12)10(16)14-5-13-9/h5-7H,2-4H2,1H3,(H,13,14,16). The third-order valence-corrected chi connectivity index (χ3v) is 4.31. The van der Waals surface area contributed by atoms with Crippen LogP contribution >= 0.6 is 31.9 Å². The zero-order valence-corrected chi connectivity index (χ0v) is 12.1. The van der Waals surface area contributed by atoms with Gasteiger partial charge in [-0.05, 0) is 34.7 Å². The number of hydrogen-bond donors (Lipinski definition) is 1. The minimum atomic E-state index is -0.135. The monoisotopic (exact) mass is 349 g/mol. The first-order valence-corrected chi connectivity index (χ1v) is 6.87. The summed E-state index contributed by atoms with van der Waals surface area (Å²) in [5.74, 6) is 1.41. The number of halogens is 2. The lowest BCUT2D eigenvalue weighted by molar-refractivity contribution is 0.338. The average Bonchev–Trinajstić information content (AvgIpc) is 2.19. The van der Waals surface area contributed by atoms with Crippen molar-refractivity contribution in [1.29, 1.82) is 0 Å². The molecule has 0 saturated heterocycles. The van der Waals surface area contributed by atoms with E-state index in [9.17, 15) is 4.79 Å². The molecule has 0 atom stereocenters. The predicted octanol–water partition coefficient (Wildman–Crippen LogP) is 2.14. The van der Waals surface area contributed by atoms with Crippen LogP contribution in [0.3, 0.4) is 0 Å². The number of H-pyrrole nitrogens is 1. The van der Waals surface area contributed by atoms with Gasteiger partial charge in [0.1, 0.15) is 10.3 Å². The maximum atomic E-state index is 11.4. The Kier molecular flexibility index (Phi) is 3.69. The van der Waals surface area contributed by atoms with Gasteiger partial charge < -0.3 is 9.88 Å². The Morgan fingerprint density at radius 2 is 2.31 bits per heavy atom. The highest BCUT2D eigenvalue weighted by Gasteiger charge is 2.28. The average molecular weight is 351 g/mol. The summed E-state index contributed by atoms with van der Waals surface area (Å²) in [7, 11) is 1.97. The summed E-state index contributed by atoms with van der Waals surface area (Å²) in [6, 6.07) is 0. The van der Waals surface area contributed by atoms with E-state index in [1.54, 1.807) is 0 Å². The highest BCUT2D eigenvalue weighted by molar-refractivity contribution is 9.10. The van der Waals surface area contributed by atoms with Crippen molar-refractivity contribution in [3.05, 3.63) is 21.2 Å². The molecule has 6 heteroatoms. The molecule has 0 spiro atoms. The van der Waals surface area contributed by atoms with Gasteiger partial charge in [-0.3, -0.25) is 4.79 Å². The topological polar surface area (TPSA) is 49.0 Å². The number of aromatic nitrogens is 2. The molecular weight excluding hydrogens is 338 g/mol. The third-order valence-electron chi connectivity index (χ3n) is 2.85. The highest BCUT2D eigenvalue weighted by Crippen LogP contribution is 2.34. The molecule has 0 radical (unpaired) electrons. The van der Waals surface area contributed by atoms with Crippen LogP contribution in [0.25, 0.3) is 0 Å². The Morgan fingerprint density at radius 3 is 2.94 bits per heavy atom. The summed E-state index contributed by atoms with van der Waals surface area (Å²) in [5.41, 5.74) is -0.135. The number of aromatic amines is 1. The van der Waals surface area contributed by atoms with E-state index in [2.05, 4.69) is 41.8 Å². The van der Waals surface area contributed by atoms with Gasteiger partial charge in [-0.25, -0.2) is 4.98 Å². The van der Waals surface area contributed by atoms with Crippen LogP contribution in [0.1, 0.15) is 12.8 Å². The second-order valence-corrected chi connectivity index (χ2v) is 6.27. The number of anilines is 1. The van der Waals surface area contributed by atoms with Crippen molar-refractivity contribution < 1.29 is 0 Å². The van der Waals surface area contributed by atoms with E-state index in [1.165, 1.54) is 19.2 Å². The van der Waals surface area contributed by atoms with Gasteiger partial charge in [0.25, 0.3) is 5.56 Å². The second kappa shape index (κ2) is 4.87. The van der Waals surface area contributed by atoms with E-state index >= 15 is 0 Å². The summed E-state index contributed by atoms with van der Waals surface area (Å²) in [4.78, 5) is 20.8. The van der Waals surface area contributed by atoms with E-state index in [-0.39, 0.29) is 5.56 Å². The van der Waals surface area contributed by atoms with Gasteiger partial charge in [-0.1, -0.05) is 15.9 Å². The van der Waals surface area contributed by atoms with E-state index in [4.69, 9.17) is 0 Å². The summed E-state index contributed by atoms with van der Waals surface area (Å²) in [6.45, 7) is 0.942. The first-order chi connectivity index (χ1) is 7.58. The van der Waals surface area contributed by atoms with Crippen molar-refractivity contribution in [3.8, 4) is 0 Å². The van der Waals surface area contributed by atoms with Crippen molar-refractivity contribution >= 4 is 37.7 Å². The number of nitrogens with zero attached hydrogens (tertiary/aromatic N) is 2. The molecule has 1 aliphatic rings. The largest absolute Gasteiger partial charge is 0.358 e.